The van der Waals surface area contributed by atoms with Gasteiger partial charge >= 0.3 is 0 Å². The van der Waals surface area contributed by atoms with E-state index < -0.39 is 0 Å². The van der Waals surface area contributed by atoms with Gasteiger partial charge in [-0.2, -0.15) is 0 Å². The number of carbonyl (C=O) groups excluding carboxylic acids is 1. The van der Waals surface area contributed by atoms with Gasteiger partial charge < -0.3 is 15.1 Å². The second kappa shape index (κ2) is 5.63. The fourth-order valence-electron chi connectivity index (χ4n) is 1.66. The summed E-state index contributed by atoms with van der Waals surface area (Å²) in [5, 5.41) is 5.99. The van der Waals surface area contributed by atoms with Gasteiger partial charge in [-0.25, -0.2) is 4.98 Å². The first-order valence-electron chi connectivity index (χ1n) is 5.95. The van der Waals surface area contributed by atoms with Crippen molar-refractivity contribution >= 4 is 11.5 Å². The highest BCUT2D eigenvalue weighted by Crippen LogP contribution is 2.16. The van der Waals surface area contributed by atoms with Crippen LogP contribution in [0, 0.1) is 0 Å². The van der Waals surface area contributed by atoms with Crippen molar-refractivity contribution in [1.82, 2.24) is 15.6 Å². The number of hydrogen-bond acceptors (Lipinski definition) is 4. The Labute approximate surface area is 100 Å². The third-order valence-electron chi connectivity index (χ3n) is 2.57. The predicted molar refractivity (Wildman–Crippen MR) is 64.6 cm³/mol. The van der Waals surface area contributed by atoms with Gasteiger partial charge in [-0.05, 0) is 19.4 Å². The first-order chi connectivity index (χ1) is 8.31. The second-order valence-electron chi connectivity index (χ2n) is 3.98. The van der Waals surface area contributed by atoms with Gasteiger partial charge in [-0.3, -0.25) is 4.79 Å². The highest BCUT2D eigenvalue weighted by molar-refractivity contribution is 5.91. The van der Waals surface area contributed by atoms with Crippen molar-refractivity contribution < 1.29 is 9.21 Å². The number of rotatable bonds is 4. The zero-order valence-corrected chi connectivity index (χ0v) is 9.95. The van der Waals surface area contributed by atoms with E-state index in [1.165, 1.54) is 6.20 Å². The Kier molecular flexibility index (Phi) is 3.93. The molecule has 5 heteroatoms. The average molecular weight is 235 g/mol. The Morgan fingerprint density at radius 2 is 2.53 bits per heavy atom. The molecule has 0 radical (unpaired) electrons. The van der Waals surface area contributed by atoms with Crippen molar-refractivity contribution in [2.75, 3.05) is 19.6 Å². The summed E-state index contributed by atoms with van der Waals surface area (Å²) >= 11 is 0. The van der Waals surface area contributed by atoms with Crippen molar-refractivity contribution in [2.24, 2.45) is 0 Å². The minimum Gasteiger partial charge on any atom is -0.431 e. The summed E-state index contributed by atoms with van der Waals surface area (Å²) in [6.45, 7) is 4.38. The summed E-state index contributed by atoms with van der Waals surface area (Å²) in [6, 6.07) is 0. The maximum absolute atomic E-state index is 11.6. The van der Waals surface area contributed by atoms with Crippen molar-refractivity contribution in [1.29, 1.82) is 0 Å². The smallest absolute Gasteiger partial charge is 0.288 e. The SMILES string of the molecule is CCCNC(=O)c1cnc(C2=CCCNC2)o1. The molecule has 0 aromatic carbocycles. The van der Waals surface area contributed by atoms with Crippen LogP contribution in [0.2, 0.25) is 0 Å². The van der Waals surface area contributed by atoms with Crippen LogP contribution in [0.15, 0.2) is 16.7 Å². The summed E-state index contributed by atoms with van der Waals surface area (Å²) in [5.74, 6) is 0.619. The maximum Gasteiger partial charge on any atom is 0.288 e. The summed E-state index contributed by atoms with van der Waals surface area (Å²) in [7, 11) is 0. The molecule has 5 nitrogen and oxygen atoms in total. The lowest BCUT2D eigenvalue weighted by Crippen LogP contribution is -2.23. The molecule has 1 amide bonds. The number of oxazole rings is 1. The molecule has 0 unspecified atom stereocenters. The Bertz CT molecular complexity index is 423. The number of aromatic nitrogens is 1. The van der Waals surface area contributed by atoms with Gasteiger partial charge in [-0.15, -0.1) is 0 Å². The third kappa shape index (κ3) is 2.94. The molecule has 2 heterocycles. The van der Waals surface area contributed by atoms with Crippen LogP contribution in [0.1, 0.15) is 36.2 Å². The molecule has 0 atom stereocenters. The number of hydrogen-bond donors (Lipinski definition) is 2. The van der Waals surface area contributed by atoms with E-state index in [1.807, 2.05) is 6.92 Å². The summed E-state index contributed by atoms with van der Waals surface area (Å²) in [6.07, 6.45) is 5.45. The fraction of sp³-hybridized carbons (Fsp3) is 0.500. The molecular weight excluding hydrogens is 218 g/mol. The van der Waals surface area contributed by atoms with Crippen molar-refractivity contribution in [2.45, 2.75) is 19.8 Å². The van der Waals surface area contributed by atoms with Crippen molar-refractivity contribution in [3.8, 4) is 0 Å². The minimum atomic E-state index is -0.199. The van der Waals surface area contributed by atoms with Crippen LogP contribution in [0.3, 0.4) is 0 Å². The Morgan fingerprint density at radius 3 is 3.24 bits per heavy atom. The molecule has 17 heavy (non-hydrogen) atoms. The molecule has 92 valence electrons. The molecule has 1 aliphatic rings. The molecule has 1 aromatic heterocycles. The first kappa shape index (κ1) is 11.9. The van der Waals surface area contributed by atoms with Crippen LogP contribution in [0.4, 0.5) is 0 Å². The number of nitrogens with zero attached hydrogens (tertiary/aromatic N) is 1. The molecule has 2 N–H and O–H groups in total. The topological polar surface area (TPSA) is 67.2 Å². The van der Waals surface area contributed by atoms with Gasteiger partial charge in [0.25, 0.3) is 5.91 Å². The Hall–Kier alpha value is -1.62. The number of nitrogens with one attached hydrogen (secondary N) is 2. The molecule has 0 spiro atoms. The summed E-state index contributed by atoms with van der Waals surface area (Å²) in [5.41, 5.74) is 1.02. The lowest BCUT2D eigenvalue weighted by atomic mass is 10.1. The highest BCUT2D eigenvalue weighted by atomic mass is 16.4. The second-order valence-corrected chi connectivity index (χ2v) is 3.98. The van der Waals surface area contributed by atoms with Crippen LogP contribution >= 0.6 is 0 Å². The average Bonchev–Trinajstić information content (AvgIpc) is 2.86. The van der Waals surface area contributed by atoms with Crippen LogP contribution in [0.25, 0.3) is 5.57 Å². The maximum atomic E-state index is 11.6. The van der Waals surface area contributed by atoms with E-state index in [4.69, 9.17) is 4.42 Å². The third-order valence-corrected chi connectivity index (χ3v) is 2.57. The Balaban J connectivity index is 2.04. The Morgan fingerprint density at radius 1 is 1.65 bits per heavy atom. The molecule has 0 fully saturated rings. The van der Waals surface area contributed by atoms with Crippen molar-refractivity contribution in [3.63, 3.8) is 0 Å². The van der Waals surface area contributed by atoms with E-state index >= 15 is 0 Å². The van der Waals surface area contributed by atoms with E-state index in [2.05, 4.69) is 21.7 Å². The largest absolute Gasteiger partial charge is 0.431 e. The van der Waals surface area contributed by atoms with Gasteiger partial charge in [0, 0.05) is 18.7 Å². The molecule has 1 aromatic rings. The van der Waals surface area contributed by atoms with Crippen molar-refractivity contribution in [3.05, 3.63) is 23.9 Å². The molecule has 0 saturated carbocycles. The van der Waals surface area contributed by atoms with Gasteiger partial charge in [0.05, 0.1) is 6.20 Å². The van der Waals surface area contributed by atoms with Gasteiger partial charge in [0.2, 0.25) is 11.7 Å². The fourth-order valence-corrected chi connectivity index (χ4v) is 1.66. The van der Waals surface area contributed by atoms with Crippen LogP contribution in [0.5, 0.6) is 0 Å². The minimum absolute atomic E-state index is 0.199. The van der Waals surface area contributed by atoms with Gasteiger partial charge in [0.1, 0.15) is 0 Å². The van der Waals surface area contributed by atoms with Crippen LogP contribution in [-0.4, -0.2) is 30.5 Å². The van der Waals surface area contributed by atoms with Crippen LogP contribution in [-0.2, 0) is 0 Å². The molecule has 0 aliphatic carbocycles. The zero-order chi connectivity index (χ0) is 12.1. The molecule has 0 saturated heterocycles. The van der Waals surface area contributed by atoms with E-state index in [1.54, 1.807) is 0 Å². The number of carbonyl (C=O) groups is 1. The lowest BCUT2D eigenvalue weighted by molar-refractivity contribution is 0.0925. The summed E-state index contributed by atoms with van der Waals surface area (Å²) in [4.78, 5) is 15.8. The standard InChI is InChI=1S/C12H17N3O2/c1-2-5-14-11(16)10-8-15-12(17-10)9-4-3-6-13-7-9/h4,8,13H,2-3,5-7H2,1H3,(H,14,16). The van der Waals surface area contributed by atoms with Gasteiger partial charge in [-0.1, -0.05) is 13.0 Å². The quantitative estimate of drug-likeness (QED) is 0.822. The molecule has 1 aliphatic heterocycles. The zero-order valence-electron chi connectivity index (χ0n) is 9.95. The van der Waals surface area contributed by atoms with Crippen LogP contribution < -0.4 is 10.6 Å². The summed E-state index contributed by atoms with van der Waals surface area (Å²) < 4.78 is 5.45. The van der Waals surface area contributed by atoms with E-state index in [-0.39, 0.29) is 11.7 Å². The number of amides is 1. The molecule has 2 rings (SSSR count). The van der Waals surface area contributed by atoms with E-state index in [0.29, 0.717) is 12.4 Å². The molecule has 0 bridgehead atoms. The normalized spacial score (nSPS) is 15.5. The monoisotopic (exact) mass is 235 g/mol. The highest BCUT2D eigenvalue weighted by Gasteiger charge is 2.15. The van der Waals surface area contributed by atoms with E-state index in [9.17, 15) is 4.79 Å². The first-order valence-corrected chi connectivity index (χ1v) is 5.95. The van der Waals surface area contributed by atoms with Gasteiger partial charge in [0.15, 0.2) is 0 Å². The lowest BCUT2D eigenvalue weighted by Gasteiger charge is -2.10. The van der Waals surface area contributed by atoms with E-state index in [0.717, 1.165) is 31.5 Å². The molecular formula is C12H17N3O2. The predicted octanol–water partition coefficient (Wildman–Crippen LogP) is 1.19.